The molecule has 2 fully saturated rings. The molecular formula is C15H21BrClFN2. The molecule has 1 aromatic rings. The van der Waals surface area contributed by atoms with E-state index in [1.54, 1.807) is 12.1 Å². The highest BCUT2D eigenvalue weighted by molar-refractivity contribution is 9.10. The van der Waals surface area contributed by atoms with Crippen molar-refractivity contribution >= 4 is 28.3 Å². The van der Waals surface area contributed by atoms with Crippen molar-refractivity contribution in [2.24, 2.45) is 5.92 Å². The molecule has 112 valence electrons. The van der Waals surface area contributed by atoms with Crippen molar-refractivity contribution in [3.63, 3.8) is 0 Å². The highest BCUT2D eigenvalue weighted by Gasteiger charge is 2.36. The van der Waals surface area contributed by atoms with Gasteiger partial charge in [-0.3, -0.25) is 4.90 Å². The number of hydrogen-bond acceptors (Lipinski definition) is 2. The lowest BCUT2D eigenvalue weighted by Gasteiger charge is -2.43. The zero-order chi connectivity index (χ0) is 13.2. The van der Waals surface area contributed by atoms with Crippen molar-refractivity contribution < 1.29 is 4.39 Å². The summed E-state index contributed by atoms with van der Waals surface area (Å²) >= 11 is 3.55. The molecule has 1 aromatic carbocycles. The van der Waals surface area contributed by atoms with Crippen LogP contribution in [0.25, 0.3) is 0 Å². The topological polar surface area (TPSA) is 15.3 Å². The van der Waals surface area contributed by atoms with Crippen molar-refractivity contribution in [3.05, 3.63) is 34.1 Å². The largest absolute Gasteiger partial charge is 0.314 e. The van der Waals surface area contributed by atoms with Gasteiger partial charge in [-0.05, 0) is 30.9 Å². The predicted molar refractivity (Wildman–Crippen MR) is 85.9 cm³/mol. The van der Waals surface area contributed by atoms with Gasteiger partial charge in [0.25, 0.3) is 0 Å². The molecular weight excluding hydrogens is 343 g/mol. The first-order valence-corrected chi connectivity index (χ1v) is 7.95. The van der Waals surface area contributed by atoms with E-state index in [-0.39, 0.29) is 24.3 Å². The standard InChI is InChI=1S/C15H20BrFN2.ClH/c16-12-5-2-6-13(17)14(12)15(11-3-1-4-11)19-9-7-18-8-10-19;/h2,5-6,11,15,18H,1,3-4,7-10H2;1H/t15-;/m1./s1. The Labute approximate surface area is 134 Å². The molecule has 0 amide bonds. The number of benzene rings is 1. The van der Waals surface area contributed by atoms with Gasteiger partial charge in [-0.1, -0.05) is 28.4 Å². The van der Waals surface area contributed by atoms with E-state index in [0.717, 1.165) is 36.2 Å². The van der Waals surface area contributed by atoms with E-state index in [1.807, 2.05) is 6.07 Å². The highest BCUT2D eigenvalue weighted by Crippen LogP contribution is 2.44. The number of nitrogens with one attached hydrogen (secondary N) is 1. The third-order valence-electron chi connectivity index (χ3n) is 4.44. The Morgan fingerprint density at radius 3 is 2.50 bits per heavy atom. The van der Waals surface area contributed by atoms with Gasteiger partial charge in [0.05, 0.1) is 0 Å². The molecule has 20 heavy (non-hydrogen) atoms. The van der Waals surface area contributed by atoms with Gasteiger partial charge < -0.3 is 5.32 Å². The monoisotopic (exact) mass is 362 g/mol. The van der Waals surface area contributed by atoms with E-state index in [9.17, 15) is 4.39 Å². The van der Waals surface area contributed by atoms with Crippen LogP contribution in [0.1, 0.15) is 30.9 Å². The molecule has 1 heterocycles. The fourth-order valence-corrected chi connectivity index (χ4v) is 3.80. The van der Waals surface area contributed by atoms with E-state index >= 15 is 0 Å². The zero-order valence-corrected chi connectivity index (χ0v) is 13.9. The van der Waals surface area contributed by atoms with Crippen LogP contribution in [0.2, 0.25) is 0 Å². The number of nitrogens with zero attached hydrogens (tertiary/aromatic N) is 1. The lowest BCUT2D eigenvalue weighted by atomic mass is 9.76. The van der Waals surface area contributed by atoms with Gasteiger partial charge in [0.15, 0.2) is 0 Å². The van der Waals surface area contributed by atoms with Crippen molar-refractivity contribution in [1.82, 2.24) is 10.2 Å². The average Bonchev–Trinajstić information content (AvgIpc) is 2.36. The molecule has 0 unspecified atom stereocenters. The van der Waals surface area contributed by atoms with Crippen LogP contribution in [0.5, 0.6) is 0 Å². The Hall–Kier alpha value is -0.160. The second kappa shape index (κ2) is 7.21. The Balaban J connectivity index is 0.00000147. The molecule has 5 heteroatoms. The number of halogens is 3. The summed E-state index contributed by atoms with van der Waals surface area (Å²) in [6, 6.07) is 5.57. The second-order valence-corrected chi connectivity index (χ2v) is 6.41. The quantitative estimate of drug-likeness (QED) is 0.880. The molecule has 1 aliphatic heterocycles. The van der Waals surface area contributed by atoms with Crippen LogP contribution in [0, 0.1) is 11.7 Å². The Morgan fingerprint density at radius 2 is 1.95 bits per heavy atom. The van der Waals surface area contributed by atoms with Gasteiger partial charge in [-0.2, -0.15) is 0 Å². The summed E-state index contributed by atoms with van der Waals surface area (Å²) in [6.45, 7) is 4.05. The van der Waals surface area contributed by atoms with Crippen LogP contribution in [-0.2, 0) is 0 Å². The summed E-state index contributed by atoms with van der Waals surface area (Å²) in [5, 5.41) is 3.38. The molecule has 2 nitrogen and oxygen atoms in total. The summed E-state index contributed by atoms with van der Waals surface area (Å²) in [6.07, 6.45) is 3.75. The first-order chi connectivity index (χ1) is 9.27. The highest BCUT2D eigenvalue weighted by atomic mass is 79.9. The van der Waals surface area contributed by atoms with Gasteiger partial charge in [0, 0.05) is 42.3 Å². The normalized spacial score (nSPS) is 21.9. The predicted octanol–water partition coefficient (Wildman–Crippen LogP) is 3.76. The van der Waals surface area contributed by atoms with Crippen LogP contribution >= 0.6 is 28.3 Å². The number of rotatable bonds is 3. The van der Waals surface area contributed by atoms with Crippen molar-refractivity contribution in [3.8, 4) is 0 Å². The molecule has 0 radical (unpaired) electrons. The molecule has 0 bridgehead atoms. The van der Waals surface area contributed by atoms with Crippen molar-refractivity contribution in [1.29, 1.82) is 0 Å². The number of piperazine rings is 1. The van der Waals surface area contributed by atoms with Crippen LogP contribution in [0.4, 0.5) is 4.39 Å². The summed E-state index contributed by atoms with van der Waals surface area (Å²) in [7, 11) is 0. The Kier molecular flexibility index (Phi) is 5.84. The van der Waals surface area contributed by atoms with Gasteiger partial charge >= 0.3 is 0 Å². The molecule has 1 saturated carbocycles. The molecule has 3 rings (SSSR count). The van der Waals surface area contributed by atoms with Crippen LogP contribution in [0.15, 0.2) is 22.7 Å². The molecule has 0 aromatic heterocycles. The average molecular weight is 364 g/mol. The lowest BCUT2D eigenvalue weighted by molar-refractivity contribution is 0.0807. The second-order valence-electron chi connectivity index (χ2n) is 5.56. The summed E-state index contributed by atoms with van der Waals surface area (Å²) in [5.74, 6) is 0.552. The minimum Gasteiger partial charge on any atom is -0.314 e. The van der Waals surface area contributed by atoms with E-state index in [2.05, 4.69) is 26.1 Å². The van der Waals surface area contributed by atoms with E-state index in [1.165, 1.54) is 19.3 Å². The maximum Gasteiger partial charge on any atom is 0.129 e. The van der Waals surface area contributed by atoms with Gasteiger partial charge in [-0.25, -0.2) is 4.39 Å². The third-order valence-corrected chi connectivity index (χ3v) is 5.13. The van der Waals surface area contributed by atoms with Crippen molar-refractivity contribution in [2.45, 2.75) is 25.3 Å². The summed E-state index contributed by atoms with van der Waals surface area (Å²) in [5.41, 5.74) is 0.870. The SMILES string of the molecule is Cl.Fc1cccc(Br)c1[C@@H](C1CCC1)N1CCNCC1. The molecule has 2 aliphatic rings. The first kappa shape index (κ1) is 16.2. The van der Waals surface area contributed by atoms with E-state index in [0.29, 0.717) is 5.92 Å². The first-order valence-electron chi connectivity index (χ1n) is 7.16. The van der Waals surface area contributed by atoms with Crippen LogP contribution in [0.3, 0.4) is 0 Å². The Morgan fingerprint density at radius 1 is 1.25 bits per heavy atom. The smallest absolute Gasteiger partial charge is 0.129 e. The lowest BCUT2D eigenvalue weighted by Crippen LogP contribution is -2.48. The fraction of sp³-hybridized carbons (Fsp3) is 0.600. The van der Waals surface area contributed by atoms with Crippen LogP contribution < -0.4 is 5.32 Å². The summed E-state index contributed by atoms with van der Waals surface area (Å²) in [4.78, 5) is 2.46. The molecule has 1 saturated heterocycles. The molecule has 0 spiro atoms. The van der Waals surface area contributed by atoms with Gasteiger partial charge in [0.1, 0.15) is 5.82 Å². The third kappa shape index (κ3) is 3.19. The molecule has 1 N–H and O–H groups in total. The maximum absolute atomic E-state index is 14.3. The van der Waals surface area contributed by atoms with Gasteiger partial charge in [-0.15, -0.1) is 12.4 Å². The van der Waals surface area contributed by atoms with E-state index < -0.39 is 0 Å². The van der Waals surface area contributed by atoms with Gasteiger partial charge in [0.2, 0.25) is 0 Å². The van der Waals surface area contributed by atoms with Crippen molar-refractivity contribution in [2.75, 3.05) is 26.2 Å². The number of hydrogen-bond donors (Lipinski definition) is 1. The van der Waals surface area contributed by atoms with E-state index in [4.69, 9.17) is 0 Å². The minimum atomic E-state index is -0.0650. The fourth-order valence-electron chi connectivity index (χ4n) is 3.23. The maximum atomic E-state index is 14.3. The minimum absolute atomic E-state index is 0. The zero-order valence-electron chi connectivity index (χ0n) is 11.4. The molecule has 1 aliphatic carbocycles. The Bertz CT molecular complexity index is 427. The van der Waals surface area contributed by atoms with Crippen LogP contribution in [-0.4, -0.2) is 31.1 Å². The molecule has 1 atom stereocenters. The summed E-state index contributed by atoms with van der Waals surface area (Å²) < 4.78 is 15.2.